The maximum Gasteiger partial charge on any atom is 0.166 e. The van der Waals surface area contributed by atoms with Gasteiger partial charge in [0.15, 0.2) is 5.11 Å². The van der Waals surface area contributed by atoms with Crippen LogP contribution in [0, 0.1) is 5.92 Å². The molecule has 1 fully saturated rings. The maximum atomic E-state index is 4.93. The van der Waals surface area contributed by atoms with Crippen molar-refractivity contribution in [1.82, 2.24) is 10.6 Å². The van der Waals surface area contributed by atoms with Gasteiger partial charge in [0.1, 0.15) is 0 Å². The Morgan fingerprint density at radius 1 is 1.70 bits per heavy atom. The third kappa shape index (κ3) is 2.14. The number of rotatable bonds is 2. The Hall–Kier alpha value is -0.310. The van der Waals surface area contributed by atoms with Crippen molar-refractivity contribution in [2.24, 2.45) is 5.92 Å². The van der Waals surface area contributed by atoms with Crippen molar-refractivity contribution in [2.45, 2.75) is 26.3 Å². The van der Waals surface area contributed by atoms with Crippen LogP contribution in [0.4, 0.5) is 0 Å². The van der Waals surface area contributed by atoms with E-state index in [2.05, 4.69) is 24.5 Å². The summed E-state index contributed by atoms with van der Waals surface area (Å²) in [6.07, 6.45) is 1.20. The molecule has 1 saturated heterocycles. The van der Waals surface area contributed by atoms with Crippen LogP contribution in [0.2, 0.25) is 0 Å². The van der Waals surface area contributed by atoms with Gasteiger partial charge < -0.3 is 10.6 Å². The molecule has 0 spiro atoms. The molecule has 0 saturated carbocycles. The first-order valence-corrected chi connectivity index (χ1v) is 4.13. The third-order valence-corrected chi connectivity index (χ3v) is 1.86. The minimum Gasteiger partial charge on any atom is -0.361 e. The third-order valence-electron chi connectivity index (χ3n) is 1.60. The van der Waals surface area contributed by atoms with E-state index < -0.39 is 0 Å². The highest BCUT2D eigenvalue weighted by atomic mass is 32.1. The monoisotopic (exact) mass is 158 g/mol. The lowest BCUT2D eigenvalue weighted by Gasteiger charge is -2.10. The number of thiocarbonyl (C=S) groups is 1. The average molecular weight is 158 g/mol. The van der Waals surface area contributed by atoms with Gasteiger partial charge in [0.2, 0.25) is 0 Å². The lowest BCUT2D eigenvalue weighted by Crippen LogP contribution is -2.27. The zero-order valence-corrected chi connectivity index (χ0v) is 7.29. The molecule has 10 heavy (non-hydrogen) atoms. The smallest absolute Gasteiger partial charge is 0.166 e. The predicted octanol–water partition coefficient (Wildman–Crippen LogP) is 0.879. The second-order valence-corrected chi connectivity index (χ2v) is 3.59. The van der Waals surface area contributed by atoms with Crippen molar-refractivity contribution in [3.8, 4) is 0 Å². The molecule has 0 radical (unpaired) electrons. The fourth-order valence-electron chi connectivity index (χ4n) is 1.21. The molecule has 0 aliphatic carbocycles. The minimum atomic E-state index is 0.562. The molecule has 1 aliphatic heterocycles. The Labute approximate surface area is 67.4 Å². The normalized spacial score (nSPS) is 24.7. The molecule has 0 aromatic rings. The molecule has 1 rings (SSSR count). The van der Waals surface area contributed by atoms with Crippen LogP contribution in [0.15, 0.2) is 0 Å². The summed E-state index contributed by atoms with van der Waals surface area (Å²) in [5.41, 5.74) is 0. The zero-order valence-electron chi connectivity index (χ0n) is 6.48. The lowest BCUT2D eigenvalue weighted by atomic mass is 10.1. The van der Waals surface area contributed by atoms with E-state index in [0.29, 0.717) is 6.04 Å². The molecule has 1 unspecified atom stereocenters. The van der Waals surface area contributed by atoms with Gasteiger partial charge in [-0.2, -0.15) is 0 Å². The Balaban J connectivity index is 2.24. The van der Waals surface area contributed by atoms with Gasteiger partial charge in [-0.05, 0) is 24.6 Å². The van der Waals surface area contributed by atoms with Crippen molar-refractivity contribution >= 4 is 17.3 Å². The van der Waals surface area contributed by atoms with E-state index in [1.807, 2.05) is 0 Å². The van der Waals surface area contributed by atoms with Gasteiger partial charge in [-0.25, -0.2) is 0 Å². The van der Waals surface area contributed by atoms with Gasteiger partial charge in [0.25, 0.3) is 0 Å². The topological polar surface area (TPSA) is 24.1 Å². The van der Waals surface area contributed by atoms with Crippen molar-refractivity contribution < 1.29 is 0 Å². The molecule has 0 aromatic heterocycles. The standard InChI is InChI=1S/C7H14N2S/c1-5(2)3-6-4-8-7(10)9-6/h5-6H,3-4H2,1-2H3,(H2,8,9,10). The number of hydrogen-bond donors (Lipinski definition) is 2. The summed E-state index contributed by atoms with van der Waals surface area (Å²) in [6, 6.07) is 0.562. The average Bonchev–Trinajstić information content (AvgIpc) is 2.13. The van der Waals surface area contributed by atoms with E-state index in [4.69, 9.17) is 12.2 Å². The SMILES string of the molecule is CC(C)CC1CNC(=S)N1. The van der Waals surface area contributed by atoms with Crippen LogP contribution >= 0.6 is 12.2 Å². The number of hydrogen-bond acceptors (Lipinski definition) is 1. The quantitative estimate of drug-likeness (QED) is 0.583. The van der Waals surface area contributed by atoms with Crippen LogP contribution < -0.4 is 10.6 Å². The van der Waals surface area contributed by atoms with Crippen LogP contribution in [-0.2, 0) is 0 Å². The lowest BCUT2D eigenvalue weighted by molar-refractivity contribution is 0.488. The first kappa shape index (κ1) is 7.79. The molecule has 1 atom stereocenters. The summed E-state index contributed by atoms with van der Waals surface area (Å²) in [4.78, 5) is 0. The molecule has 1 heterocycles. The first-order chi connectivity index (χ1) is 4.68. The molecule has 3 heteroatoms. The van der Waals surface area contributed by atoms with E-state index in [-0.39, 0.29) is 0 Å². The molecular weight excluding hydrogens is 144 g/mol. The van der Waals surface area contributed by atoms with Crippen molar-refractivity contribution in [3.05, 3.63) is 0 Å². The molecule has 58 valence electrons. The van der Waals surface area contributed by atoms with E-state index in [9.17, 15) is 0 Å². The van der Waals surface area contributed by atoms with Crippen LogP contribution in [0.3, 0.4) is 0 Å². The highest BCUT2D eigenvalue weighted by Gasteiger charge is 2.17. The summed E-state index contributed by atoms with van der Waals surface area (Å²) in [5, 5.41) is 7.11. The Kier molecular flexibility index (Phi) is 2.49. The van der Waals surface area contributed by atoms with Crippen LogP contribution in [0.1, 0.15) is 20.3 Å². The van der Waals surface area contributed by atoms with Crippen molar-refractivity contribution in [3.63, 3.8) is 0 Å². The van der Waals surface area contributed by atoms with Gasteiger partial charge in [-0.3, -0.25) is 0 Å². The molecule has 1 aliphatic rings. The van der Waals surface area contributed by atoms with E-state index in [1.54, 1.807) is 0 Å². The number of nitrogens with one attached hydrogen (secondary N) is 2. The van der Waals surface area contributed by atoms with E-state index >= 15 is 0 Å². The molecule has 0 aromatic carbocycles. The van der Waals surface area contributed by atoms with Crippen molar-refractivity contribution in [2.75, 3.05) is 6.54 Å². The second kappa shape index (κ2) is 3.19. The predicted molar refractivity (Wildman–Crippen MR) is 47.0 cm³/mol. The van der Waals surface area contributed by atoms with Gasteiger partial charge in [0.05, 0.1) is 0 Å². The van der Waals surface area contributed by atoms with Gasteiger partial charge in [0, 0.05) is 12.6 Å². The Morgan fingerprint density at radius 3 is 2.80 bits per heavy atom. The van der Waals surface area contributed by atoms with Gasteiger partial charge in [-0.15, -0.1) is 0 Å². The molecule has 2 nitrogen and oxygen atoms in total. The Bertz CT molecular complexity index is 134. The summed E-state index contributed by atoms with van der Waals surface area (Å²) in [6.45, 7) is 5.45. The van der Waals surface area contributed by atoms with Gasteiger partial charge in [-0.1, -0.05) is 13.8 Å². The van der Waals surface area contributed by atoms with E-state index in [0.717, 1.165) is 17.6 Å². The summed E-state index contributed by atoms with van der Waals surface area (Å²) >= 11 is 4.93. The molecular formula is C7H14N2S. The first-order valence-electron chi connectivity index (χ1n) is 3.73. The minimum absolute atomic E-state index is 0.562. The highest BCUT2D eigenvalue weighted by Crippen LogP contribution is 2.06. The second-order valence-electron chi connectivity index (χ2n) is 3.18. The van der Waals surface area contributed by atoms with E-state index in [1.165, 1.54) is 6.42 Å². The van der Waals surface area contributed by atoms with Gasteiger partial charge >= 0.3 is 0 Å². The summed E-state index contributed by atoms with van der Waals surface area (Å²) < 4.78 is 0. The largest absolute Gasteiger partial charge is 0.361 e. The molecule has 2 N–H and O–H groups in total. The molecule has 0 bridgehead atoms. The highest BCUT2D eigenvalue weighted by molar-refractivity contribution is 7.80. The molecule has 0 amide bonds. The van der Waals surface area contributed by atoms with Crippen LogP contribution in [0.5, 0.6) is 0 Å². The summed E-state index contributed by atoms with van der Waals surface area (Å²) in [5.74, 6) is 0.750. The fourth-order valence-corrected chi connectivity index (χ4v) is 1.46. The Morgan fingerprint density at radius 2 is 2.40 bits per heavy atom. The van der Waals surface area contributed by atoms with Crippen molar-refractivity contribution in [1.29, 1.82) is 0 Å². The maximum absolute atomic E-state index is 4.93. The zero-order chi connectivity index (χ0) is 7.56. The summed E-state index contributed by atoms with van der Waals surface area (Å²) in [7, 11) is 0. The van der Waals surface area contributed by atoms with Crippen LogP contribution in [0.25, 0.3) is 0 Å². The fraction of sp³-hybridized carbons (Fsp3) is 0.857. The van der Waals surface area contributed by atoms with Crippen LogP contribution in [-0.4, -0.2) is 17.7 Å².